The molecular formula is C25H40Cl3N5O. The SMILES string of the molecule is CC1=C/C(=N/c2ccc(N(CCC[N+](C)(C)C)CCC[N+](C)(C)C)cc2)C(N)=C(Cl)C1=O.[Cl-].[Cl-]. The zero-order valence-electron chi connectivity index (χ0n) is 21.5. The van der Waals surface area contributed by atoms with E-state index < -0.39 is 0 Å². The number of carbonyl (C=O) groups is 1. The van der Waals surface area contributed by atoms with Gasteiger partial charge in [0, 0.05) is 37.2 Å². The molecule has 34 heavy (non-hydrogen) atoms. The summed E-state index contributed by atoms with van der Waals surface area (Å²) in [5.41, 5.74) is 9.31. The van der Waals surface area contributed by atoms with E-state index in [0.717, 1.165) is 53.7 Å². The number of hydrogen-bond acceptors (Lipinski definition) is 4. The Morgan fingerprint density at radius 2 is 1.38 bits per heavy atom. The van der Waals surface area contributed by atoms with Crippen molar-refractivity contribution in [3.05, 3.63) is 46.6 Å². The van der Waals surface area contributed by atoms with E-state index in [-0.39, 0.29) is 41.3 Å². The minimum Gasteiger partial charge on any atom is -1.00 e. The van der Waals surface area contributed by atoms with Crippen molar-refractivity contribution in [2.75, 3.05) is 73.4 Å². The molecule has 0 unspecified atom stereocenters. The van der Waals surface area contributed by atoms with Crippen molar-refractivity contribution in [3.63, 3.8) is 0 Å². The smallest absolute Gasteiger partial charge is 0.202 e. The van der Waals surface area contributed by atoms with Crippen LogP contribution in [-0.2, 0) is 4.79 Å². The highest BCUT2D eigenvalue weighted by atomic mass is 35.5. The monoisotopic (exact) mass is 531 g/mol. The molecular weight excluding hydrogens is 493 g/mol. The van der Waals surface area contributed by atoms with Crippen LogP contribution in [0.1, 0.15) is 19.8 Å². The summed E-state index contributed by atoms with van der Waals surface area (Å²) in [6.45, 7) is 6.04. The van der Waals surface area contributed by atoms with E-state index in [4.69, 9.17) is 17.3 Å². The minimum absolute atomic E-state index is 0. The summed E-state index contributed by atoms with van der Waals surface area (Å²) >= 11 is 6.08. The Balaban J connectivity index is 0.00000544. The molecule has 2 N–H and O–H groups in total. The molecule has 0 saturated carbocycles. The van der Waals surface area contributed by atoms with Crippen molar-refractivity contribution in [1.82, 2.24) is 0 Å². The van der Waals surface area contributed by atoms with E-state index in [1.165, 1.54) is 5.69 Å². The molecule has 1 aliphatic carbocycles. The maximum atomic E-state index is 11.9. The summed E-state index contributed by atoms with van der Waals surface area (Å²) in [7, 11) is 13.4. The first kappa shape index (κ1) is 32.4. The molecule has 0 fully saturated rings. The van der Waals surface area contributed by atoms with Gasteiger partial charge in [-0.1, -0.05) is 11.6 Å². The van der Waals surface area contributed by atoms with Crippen molar-refractivity contribution in [2.45, 2.75) is 19.8 Å². The number of carbonyl (C=O) groups excluding carboxylic acids is 1. The molecule has 0 bridgehead atoms. The molecule has 0 saturated heterocycles. The lowest BCUT2D eigenvalue weighted by atomic mass is 10.0. The number of nitrogens with two attached hydrogens (primary N) is 1. The zero-order valence-corrected chi connectivity index (χ0v) is 23.8. The van der Waals surface area contributed by atoms with Crippen LogP contribution in [0, 0.1) is 0 Å². The zero-order chi connectivity index (χ0) is 24.1. The maximum absolute atomic E-state index is 11.9. The van der Waals surface area contributed by atoms with Crippen LogP contribution in [0.25, 0.3) is 0 Å². The molecule has 0 spiro atoms. The van der Waals surface area contributed by atoms with Crippen LogP contribution in [0.2, 0.25) is 0 Å². The number of Topliss-reactive ketones (excluding diaryl/α,β-unsaturated/α-hetero) is 1. The van der Waals surface area contributed by atoms with Gasteiger partial charge in [-0.25, -0.2) is 4.99 Å². The number of allylic oxidation sites excluding steroid dienone is 3. The molecule has 1 aromatic rings. The van der Waals surface area contributed by atoms with Crippen molar-refractivity contribution in [3.8, 4) is 0 Å². The third kappa shape index (κ3) is 10.4. The number of hydrogen-bond donors (Lipinski definition) is 1. The van der Waals surface area contributed by atoms with Crippen LogP contribution in [0.4, 0.5) is 11.4 Å². The first-order chi connectivity index (χ1) is 14.8. The van der Waals surface area contributed by atoms with Crippen molar-refractivity contribution < 1.29 is 38.6 Å². The molecule has 6 nitrogen and oxygen atoms in total. The molecule has 1 aromatic carbocycles. The minimum atomic E-state index is -0.239. The highest BCUT2D eigenvalue weighted by Gasteiger charge is 2.22. The summed E-state index contributed by atoms with van der Waals surface area (Å²) in [5, 5.41) is 0.0426. The molecule has 0 amide bonds. The first-order valence-electron chi connectivity index (χ1n) is 11.2. The lowest BCUT2D eigenvalue weighted by Crippen LogP contribution is -3.00. The van der Waals surface area contributed by atoms with E-state index in [0.29, 0.717) is 11.3 Å². The second-order valence-electron chi connectivity index (χ2n) is 10.6. The summed E-state index contributed by atoms with van der Waals surface area (Å²) in [5.74, 6) is -0.239. The summed E-state index contributed by atoms with van der Waals surface area (Å²) in [6.07, 6.45) is 3.96. The largest absolute Gasteiger partial charge is 1.00 e. The fourth-order valence-corrected chi connectivity index (χ4v) is 3.81. The third-order valence-electron chi connectivity index (χ3n) is 5.40. The average Bonchev–Trinajstić information content (AvgIpc) is 2.68. The Morgan fingerprint density at radius 3 is 1.82 bits per heavy atom. The van der Waals surface area contributed by atoms with E-state index in [9.17, 15) is 4.79 Å². The molecule has 1 aliphatic rings. The van der Waals surface area contributed by atoms with Gasteiger partial charge in [0.05, 0.1) is 72.5 Å². The number of benzene rings is 1. The van der Waals surface area contributed by atoms with Gasteiger partial charge >= 0.3 is 0 Å². The number of halogens is 3. The number of nitrogens with zero attached hydrogens (tertiary/aromatic N) is 4. The van der Waals surface area contributed by atoms with Gasteiger partial charge in [0.25, 0.3) is 0 Å². The quantitative estimate of drug-likeness (QED) is 0.273. The number of quaternary nitrogens is 2. The van der Waals surface area contributed by atoms with Gasteiger partial charge in [-0.05, 0) is 37.3 Å². The highest BCUT2D eigenvalue weighted by Crippen LogP contribution is 2.25. The van der Waals surface area contributed by atoms with Gasteiger partial charge < -0.3 is 44.4 Å². The van der Waals surface area contributed by atoms with Gasteiger partial charge in [0.1, 0.15) is 5.03 Å². The van der Waals surface area contributed by atoms with Gasteiger partial charge in [0.2, 0.25) is 5.78 Å². The molecule has 2 rings (SSSR count). The number of rotatable bonds is 10. The Kier molecular flexibility index (Phi) is 12.9. The number of aliphatic imine (C=N–C) groups is 1. The molecule has 192 valence electrons. The van der Waals surface area contributed by atoms with E-state index >= 15 is 0 Å². The fraction of sp³-hybridized carbons (Fsp3) is 0.520. The first-order valence-corrected chi connectivity index (χ1v) is 11.6. The Hall–Kier alpha value is -1.57. The average molecular weight is 533 g/mol. The molecule has 0 atom stereocenters. The predicted octanol–water partition coefficient (Wildman–Crippen LogP) is -2.30. The van der Waals surface area contributed by atoms with E-state index in [1.54, 1.807) is 13.0 Å². The van der Waals surface area contributed by atoms with Crippen LogP contribution in [-0.4, -0.2) is 88.9 Å². The van der Waals surface area contributed by atoms with Crippen molar-refractivity contribution in [1.29, 1.82) is 0 Å². The lowest BCUT2D eigenvalue weighted by molar-refractivity contribution is -0.870. The lowest BCUT2D eigenvalue weighted by Gasteiger charge is -2.30. The van der Waals surface area contributed by atoms with Crippen LogP contribution in [0.15, 0.2) is 51.6 Å². The Bertz CT molecular complexity index is 890. The van der Waals surface area contributed by atoms with Crippen LogP contribution in [0.5, 0.6) is 0 Å². The highest BCUT2D eigenvalue weighted by molar-refractivity contribution is 6.49. The second-order valence-corrected chi connectivity index (χ2v) is 11.0. The summed E-state index contributed by atoms with van der Waals surface area (Å²) < 4.78 is 1.94. The van der Waals surface area contributed by atoms with Gasteiger partial charge in [0.15, 0.2) is 0 Å². The Labute approximate surface area is 223 Å². The topological polar surface area (TPSA) is 58.7 Å². The van der Waals surface area contributed by atoms with E-state index in [2.05, 4.69) is 64.3 Å². The fourth-order valence-electron chi connectivity index (χ4n) is 3.57. The van der Waals surface area contributed by atoms with E-state index in [1.807, 2.05) is 12.1 Å². The second kappa shape index (κ2) is 13.5. The molecule has 0 heterocycles. The van der Waals surface area contributed by atoms with Crippen LogP contribution >= 0.6 is 11.6 Å². The van der Waals surface area contributed by atoms with Crippen LogP contribution in [0.3, 0.4) is 0 Å². The molecule has 9 heteroatoms. The molecule has 0 aromatic heterocycles. The predicted molar refractivity (Wildman–Crippen MR) is 137 cm³/mol. The van der Waals surface area contributed by atoms with Crippen LogP contribution < -0.4 is 35.4 Å². The van der Waals surface area contributed by atoms with Gasteiger partial charge in [-0.15, -0.1) is 0 Å². The van der Waals surface area contributed by atoms with Crippen molar-refractivity contribution >= 4 is 34.5 Å². The standard InChI is InChI=1S/C25H39ClN5O.2ClH/c1-19-18-22(24(27)23(26)25(19)32)28-20-10-12-21(13-11-20)29(14-8-16-30(2,3)4)15-9-17-31(5,6)7;;/h10-13,18H,8-9,14-17H2,1-7H3,(H-,27,32);2*1H/q+1;;/p-1/b28-22-;;. The molecule has 0 radical (unpaired) electrons. The summed E-state index contributed by atoms with van der Waals surface area (Å²) in [4.78, 5) is 19.0. The number of anilines is 1. The Morgan fingerprint density at radius 1 is 0.912 bits per heavy atom. The number of ketones is 1. The molecule has 0 aliphatic heterocycles. The third-order valence-corrected chi connectivity index (χ3v) is 5.78. The van der Waals surface area contributed by atoms with Gasteiger partial charge in [-0.2, -0.15) is 0 Å². The maximum Gasteiger partial charge on any atom is 0.202 e. The summed E-state index contributed by atoms with van der Waals surface area (Å²) in [6, 6.07) is 8.22. The van der Waals surface area contributed by atoms with Gasteiger partial charge in [-0.3, -0.25) is 4.79 Å². The van der Waals surface area contributed by atoms with Crippen molar-refractivity contribution in [2.24, 2.45) is 10.7 Å². The normalized spacial score (nSPS) is 15.6.